The number of hydrogen-bond acceptors (Lipinski definition) is 4. The van der Waals surface area contributed by atoms with Gasteiger partial charge in [-0.25, -0.2) is 9.37 Å². The molecule has 4 aromatic rings. The summed E-state index contributed by atoms with van der Waals surface area (Å²) in [6.07, 6.45) is 6.90. The number of halogens is 1. The van der Waals surface area contributed by atoms with Crippen molar-refractivity contribution < 1.29 is 9.18 Å². The van der Waals surface area contributed by atoms with E-state index in [9.17, 15) is 9.59 Å². The molecule has 1 fully saturated rings. The van der Waals surface area contributed by atoms with Crippen molar-refractivity contribution in [1.82, 2.24) is 14.9 Å². The van der Waals surface area contributed by atoms with Crippen LogP contribution in [0, 0.1) is 18.7 Å². The van der Waals surface area contributed by atoms with Gasteiger partial charge < -0.3 is 5.32 Å². The van der Waals surface area contributed by atoms with Gasteiger partial charge in [-0.05, 0) is 67.0 Å². The van der Waals surface area contributed by atoms with Crippen molar-refractivity contribution in [2.45, 2.75) is 65.7 Å². The predicted molar refractivity (Wildman–Crippen MR) is 171 cm³/mol. The van der Waals surface area contributed by atoms with Crippen LogP contribution in [0.4, 0.5) is 4.39 Å². The molecule has 1 amide bonds. The maximum Gasteiger partial charge on any atom is 0.261 e. The third kappa shape index (κ3) is 6.66. The van der Waals surface area contributed by atoms with Gasteiger partial charge in [0.25, 0.3) is 5.56 Å². The lowest BCUT2D eigenvalue weighted by Gasteiger charge is -2.25. The van der Waals surface area contributed by atoms with E-state index in [0.717, 1.165) is 53.6 Å². The quantitative estimate of drug-likeness (QED) is 0.122. The summed E-state index contributed by atoms with van der Waals surface area (Å²) in [5.41, 5.74) is 6.23. The molecule has 222 valence electrons. The van der Waals surface area contributed by atoms with Crippen LogP contribution in [-0.4, -0.2) is 28.3 Å². The Hall–Kier alpha value is -4.39. The van der Waals surface area contributed by atoms with Crippen LogP contribution in [0.15, 0.2) is 76.5 Å². The Morgan fingerprint density at radius 3 is 2.51 bits per heavy atom. The molecular weight excluding hydrogens is 539 g/mol. The van der Waals surface area contributed by atoms with Gasteiger partial charge >= 0.3 is 0 Å². The normalized spacial score (nSPS) is 13.5. The number of nitrogens with zero attached hydrogens (tertiary/aromatic N) is 3. The monoisotopic (exact) mass is 578 g/mol. The summed E-state index contributed by atoms with van der Waals surface area (Å²) in [5, 5.41) is 2.72. The fourth-order valence-electron chi connectivity index (χ4n) is 5.86. The molecule has 5 rings (SSSR count). The summed E-state index contributed by atoms with van der Waals surface area (Å²) in [7, 11) is 0. The van der Waals surface area contributed by atoms with Crippen molar-refractivity contribution in [2.75, 3.05) is 6.54 Å². The van der Waals surface area contributed by atoms with E-state index in [0.29, 0.717) is 60.2 Å². The van der Waals surface area contributed by atoms with Gasteiger partial charge in [0.1, 0.15) is 17.5 Å². The van der Waals surface area contributed by atoms with Gasteiger partial charge in [-0.3, -0.25) is 19.1 Å². The Morgan fingerprint density at radius 1 is 1.09 bits per heavy atom. The molecule has 3 aromatic carbocycles. The molecule has 0 atom stereocenters. The first kappa shape index (κ1) is 30.1. The molecular formula is C36H39FN4O2. The average molecular weight is 579 g/mol. The molecule has 1 aromatic heterocycles. The fourth-order valence-corrected chi connectivity index (χ4v) is 5.86. The molecule has 1 heterocycles. The van der Waals surface area contributed by atoms with E-state index in [1.54, 1.807) is 4.57 Å². The SMILES string of the molecule is CCCc1nc(C)n(-c2ccc(CC3CCC3)c(F)c2)c(=O)c1Cc1ccc(-c2ccccc2C(=NCC)NC=O)cc1. The molecule has 0 spiro atoms. The predicted octanol–water partition coefficient (Wildman–Crippen LogP) is 6.75. The van der Waals surface area contributed by atoms with Crippen LogP contribution < -0.4 is 10.9 Å². The summed E-state index contributed by atoms with van der Waals surface area (Å²) in [4.78, 5) is 34.5. The number of benzene rings is 3. The Balaban J connectivity index is 1.47. The maximum absolute atomic E-state index is 15.1. The molecule has 1 aliphatic carbocycles. The standard InChI is InChI=1S/C36H39FN4O2/c1-4-9-34-32(36(43)41(24(3)40-34)29-19-18-28(33(37)22-29)20-25-10-8-11-25)21-26-14-16-27(17-15-26)30-12-6-7-13-31(30)35(38-5-2)39-23-42/h6-7,12-19,22-23,25H,4-5,8-11,20-21H2,1-3H3,(H,38,39,42). The molecule has 6 nitrogen and oxygen atoms in total. The third-order valence-corrected chi connectivity index (χ3v) is 8.28. The Labute approximate surface area is 252 Å². The number of amides is 1. The number of rotatable bonds is 11. The second-order valence-corrected chi connectivity index (χ2v) is 11.3. The molecule has 0 bridgehead atoms. The van der Waals surface area contributed by atoms with Gasteiger partial charge in [-0.1, -0.05) is 87.2 Å². The first-order chi connectivity index (χ1) is 20.9. The first-order valence-corrected chi connectivity index (χ1v) is 15.3. The molecule has 43 heavy (non-hydrogen) atoms. The minimum absolute atomic E-state index is 0.156. The van der Waals surface area contributed by atoms with E-state index in [1.165, 1.54) is 12.5 Å². The molecule has 7 heteroatoms. The molecule has 0 unspecified atom stereocenters. The van der Waals surface area contributed by atoms with Crippen LogP contribution >= 0.6 is 0 Å². The van der Waals surface area contributed by atoms with Crippen LogP contribution in [0.3, 0.4) is 0 Å². The Kier molecular flexibility index (Phi) is 9.60. The minimum Gasteiger partial charge on any atom is -0.313 e. The number of aromatic nitrogens is 2. The molecule has 1 N–H and O–H groups in total. The number of carbonyl (C=O) groups excluding carboxylic acids is 1. The lowest BCUT2D eigenvalue weighted by molar-refractivity contribution is -0.108. The zero-order valence-corrected chi connectivity index (χ0v) is 25.2. The van der Waals surface area contributed by atoms with E-state index in [1.807, 2.05) is 74.5 Å². The smallest absolute Gasteiger partial charge is 0.261 e. The minimum atomic E-state index is -0.263. The summed E-state index contributed by atoms with van der Waals surface area (Å²) in [6, 6.07) is 21.0. The zero-order valence-electron chi connectivity index (χ0n) is 25.2. The number of amidine groups is 1. The van der Waals surface area contributed by atoms with Crippen LogP contribution in [0.25, 0.3) is 16.8 Å². The summed E-state index contributed by atoms with van der Waals surface area (Å²) >= 11 is 0. The van der Waals surface area contributed by atoms with Crippen LogP contribution in [0.1, 0.15) is 73.3 Å². The van der Waals surface area contributed by atoms with Gasteiger partial charge in [-0.15, -0.1) is 0 Å². The third-order valence-electron chi connectivity index (χ3n) is 8.28. The molecule has 1 aliphatic rings. The summed E-state index contributed by atoms with van der Waals surface area (Å²) in [6.45, 7) is 6.35. The van der Waals surface area contributed by atoms with Crippen LogP contribution in [0.2, 0.25) is 0 Å². The molecule has 0 saturated heterocycles. The van der Waals surface area contributed by atoms with Crippen LogP contribution in [0.5, 0.6) is 0 Å². The second-order valence-electron chi connectivity index (χ2n) is 11.3. The van der Waals surface area contributed by atoms with Gasteiger partial charge in [0.05, 0.1) is 11.4 Å². The number of aryl methyl sites for hydroxylation is 2. The van der Waals surface area contributed by atoms with Gasteiger partial charge in [0.2, 0.25) is 6.41 Å². The second kappa shape index (κ2) is 13.7. The van der Waals surface area contributed by atoms with E-state index < -0.39 is 0 Å². The van der Waals surface area contributed by atoms with Crippen molar-refractivity contribution in [2.24, 2.45) is 10.9 Å². The fraction of sp³-hybridized carbons (Fsp3) is 0.333. The highest BCUT2D eigenvalue weighted by Crippen LogP contribution is 2.31. The summed E-state index contributed by atoms with van der Waals surface area (Å²) < 4.78 is 16.7. The lowest BCUT2D eigenvalue weighted by Crippen LogP contribution is -2.28. The number of nitrogens with one attached hydrogen (secondary N) is 1. The average Bonchev–Trinajstić information content (AvgIpc) is 2.98. The van der Waals surface area contributed by atoms with Crippen molar-refractivity contribution in [1.29, 1.82) is 0 Å². The lowest BCUT2D eigenvalue weighted by atomic mass is 9.81. The van der Waals surface area contributed by atoms with Crippen LogP contribution in [-0.2, 0) is 24.1 Å². The van der Waals surface area contributed by atoms with Crippen molar-refractivity contribution >= 4 is 12.2 Å². The van der Waals surface area contributed by atoms with Crippen molar-refractivity contribution in [3.63, 3.8) is 0 Å². The first-order valence-electron chi connectivity index (χ1n) is 15.3. The molecule has 0 aliphatic heterocycles. The molecule has 0 radical (unpaired) electrons. The number of hydrogen-bond donors (Lipinski definition) is 1. The molecule has 1 saturated carbocycles. The van der Waals surface area contributed by atoms with Gasteiger partial charge in [0.15, 0.2) is 0 Å². The van der Waals surface area contributed by atoms with E-state index in [4.69, 9.17) is 4.98 Å². The highest BCUT2D eigenvalue weighted by atomic mass is 19.1. The highest BCUT2D eigenvalue weighted by molar-refractivity contribution is 6.08. The topological polar surface area (TPSA) is 76.3 Å². The maximum atomic E-state index is 15.1. The van der Waals surface area contributed by atoms with Gasteiger partial charge in [-0.2, -0.15) is 0 Å². The Bertz CT molecular complexity index is 1690. The highest BCUT2D eigenvalue weighted by Gasteiger charge is 2.21. The zero-order chi connectivity index (χ0) is 30.3. The van der Waals surface area contributed by atoms with Crippen molar-refractivity contribution in [3.8, 4) is 16.8 Å². The van der Waals surface area contributed by atoms with Gasteiger partial charge in [0, 0.05) is 24.1 Å². The number of carbonyl (C=O) groups is 1. The largest absolute Gasteiger partial charge is 0.313 e. The Morgan fingerprint density at radius 2 is 1.86 bits per heavy atom. The number of aliphatic imine (C=N–C) groups is 1. The van der Waals surface area contributed by atoms with E-state index in [-0.39, 0.29) is 11.4 Å². The summed E-state index contributed by atoms with van der Waals surface area (Å²) in [5.74, 6) is 1.39. The van der Waals surface area contributed by atoms with E-state index in [2.05, 4.69) is 17.2 Å². The van der Waals surface area contributed by atoms with Crippen molar-refractivity contribution in [3.05, 3.63) is 117 Å². The van der Waals surface area contributed by atoms with E-state index >= 15 is 4.39 Å².